The molecule has 1 heterocycles. The number of amides is 1. The number of para-hydroxylation sites is 2. The van der Waals surface area contributed by atoms with Crippen LogP contribution in [0.15, 0.2) is 53.7 Å². The summed E-state index contributed by atoms with van der Waals surface area (Å²) in [6.07, 6.45) is 1.95. The molecule has 1 atom stereocenters. The van der Waals surface area contributed by atoms with Gasteiger partial charge in [0.05, 0.1) is 12.3 Å². The smallest absolute Gasteiger partial charge is 0.232 e. The van der Waals surface area contributed by atoms with E-state index in [2.05, 4.69) is 0 Å². The lowest BCUT2D eigenvalue weighted by Crippen LogP contribution is -2.40. The largest absolute Gasteiger partial charge is 0.492 e. The molecule has 4 rings (SSSR count). The van der Waals surface area contributed by atoms with Gasteiger partial charge >= 0.3 is 0 Å². The highest BCUT2D eigenvalue weighted by molar-refractivity contribution is 6.36. The average Bonchev–Trinajstić information content (AvgIpc) is 2.69. The Balaban J connectivity index is 1.91. The minimum absolute atomic E-state index is 0.0543. The summed E-state index contributed by atoms with van der Waals surface area (Å²) in [6.45, 7) is 2.39. The number of ketones is 1. The van der Waals surface area contributed by atoms with Gasteiger partial charge in [-0.15, -0.1) is 0 Å². The molecule has 0 radical (unpaired) electrons. The molecule has 1 aliphatic carbocycles. The van der Waals surface area contributed by atoms with Gasteiger partial charge in [0.2, 0.25) is 5.91 Å². The van der Waals surface area contributed by atoms with Crippen molar-refractivity contribution in [2.45, 2.75) is 38.5 Å². The number of carbonyl (C=O) groups excluding carboxylic acids is 2. The lowest BCUT2D eigenvalue weighted by molar-refractivity contribution is -0.119. The number of nitrogens with zero attached hydrogens (tertiary/aromatic N) is 1. The molecule has 1 amide bonds. The normalized spacial score (nSPS) is 19.4. The molecule has 29 heavy (non-hydrogen) atoms. The van der Waals surface area contributed by atoms with Gasteiger partial charge in [0.25, 0.3) is 0 Å². The summed E-state index contributed by atoms with van der Waals surface area (Å²) in [4.78, 5) is 28.0. The monoisotopic (exact) mass is 429 g/mol. The third-order valence-corrected chi connectivity index (χ3v) is 6.09. The summed E-state index contributed by atoms with van der Waals surface area (Å²) < 4.78 is 5.75. The molecule has 0 saturated carbocycles. The van der Waals surface area contributed by atoms with E-state index in [-0.39, 0.29) is 18.1 Å². The van der Waals surface area contributed by atoms with Gasteiger partial charge < -0.3 is 4.74 Å². The second kappa shape index (κ2) is 8.21. The van der Waals surface area contributed by atoms with Crippen LogP contribution in [0.1, 0.15) is 44.1 Å². The zero-order valence-corrected chi connectivity index (χ0v) is 17.6. The van der Waals surface area contributed by atoms with E-state index >= 15 is 0 Å². The van der Waals surface area contributed by atoms with Gasteiger partial charge in [-0.05, 0) is 49.6 Å². The van der Waals surface area contributed by atoms with E-state index in [1.165, 1.54) is 0 Å². The maximum atomic E-state index is 13.4. The summed E-state index contributed by atoms with van der Waals surface area (Å²) in [7, 11) is 0. The number of hydrogen-bond donors (Lipinski definition) is 0. The fourth-order valence-corrected chi connectivity index (χ4v) is 4.94. The molecule has 1 aliphatic heterocycles. The summed E-state index contributed by atoms with van der Waals surface area (Å²) in [5.41, 5.74) is 2.72. The predicted molar refractivity (Wildman–Crippen MR) is 115 cm³/mol. The minimum atomic E-state index is -0.429. The van der Waals surface area contributed by atoms with Gasteiger partial charge in [-0.3, -0.25) is 14.5 Å². The summed E-state index contributed by atoms with van der Waals surface area (Å²) >= 11 is 12.9. The number of ether oxygens (including phenoxy) is 1. The number of halogens is 2. The second-order valence-electron chi connectivity index (χ2n) is 7.16. The van der Waals surface area contributed by atoms with Crippen LogP contribution in [-0.2, 0) is 9.59 Å². The first kappa shape index (κ1) is 20.0. The first-order valence-corrected chi connectivity index (χ1v) is 10.5. The first-order valence-electron chi connectivity index (χ1n) is 9.77. The van der Waals surface area contributed by atoms with Crippen LogP contribution in [-0.4, -0.2) is 18.3 Å². The molecule has 150 valence electrons. The van der Waals surface area contributed by atoms with E-state index in [1.54, 1.807) is 23.1 Å². The van der Waals surface area contributed by atoms with E-state index < -0.39 is 5.92 Å². The lowest BCUT2D eigenvalue weighted by atomic mass is 9.77. The van der Waals surface area contributed by atoms with Crippen LogP contribution in [0.4, 0.5) is 5.69 Å². The van der Waals surface area contributed by atoms with Gasteiger partial charge in [0, 0.05) is 40.1 Å². The number of allylic oxidation sites excluding steroid dienone is 2. The second-order valence-corrected chi connectivity index (χ2v) is 7.97. The highest BCUT2D eigenvalue weighted by Gasteiger charge is 2.41. The van der Waals surface area contributed by atoms with Crippen molar-refractivity contribution >= 4 is 40.6 Å². The molecule has 6 heteroatoms. The lowest BCUT2D eigenvalue weighted by Gasteiger charge is -2.39. The van der Waals surface area contributed by atoms with E-state index in [1.807, 2.05) is 31.2 Å². The molecule has 0 fully saturated rings. The quantitative estimate of drug-likeness (QED) is 0.605. The van der Waals surface area contributed by atoms with Gasteiger partial charge in [-0.1, -0.05) is 41.4 Å². The van der Waals surface area contributed by atoms with Crippen molar-refractivity contribution in [3.8, 4) is 5.75 Å². The van der Waals surface area contributed by atoms with Crippen LogP contribution in [0.3, 0.4) is 0 Å². The third kappa shape index (κ3) is 3.56. The summed E-state index contributed by atoms with van der Waals surface area (Å²) in [5.74, 6) is 0.162. The molecule has 2 aromatic rings. The molecule has 0 bridgehead atoms. The summed E-state index contributed by atoms with van der Waals surface area (Å²) in [5, 5.41) is 0.951. The molecular formula is C23H21Cl2NO3. The Bertz CT molecular complexity index is 995. The Morgan fingerprint density at radius 1 is 1.03 bits per heavy atom. The number of rotatable bonds is 4. The minimum Gasteiger partial charge on any atom is -0.492 e. The first-order chi connectivity index (χ1) is 14.0. The highest BCUT2D eigenvalue weighted by Crippen LogP contribution is 2.48. The van der Waals surface area contributed by atoms with E-state index in [0.717, 1.165) is 5.70 Å². The van der Waals surface area contributed by atoms with Crippen LogP contribution in [0, 0.1) is 0 Å². The van der Waals surface area contributed by atoms with E-state index in [0.29, 0.717) is 58.5 Å². The van der Waals surface area contributed by atoms with Gasteiger partial charge in [-0.2, -0.15) is 0 Å². The molecular weight excluding hydrogens is 409 g/mol. The molecule has 0 aromatic heterocycles. The molecule has 2 aliphatic rings. The maximum absolute atomic E-state index is 13.4. The number of Topliss-reactive ketones (excluding diaryl/α,β-unsaturated/α-hetero) is 1. The summed E-state index contributed by atoms with van der Waals surface area (Å²) in [6, 6.07) is 12.7. The van der Waals surface area contributed by atoms with Crippen LogP contribution >= 0.6 is 23.2 Å². The predicted octanol–water partition coefficient (Wildman–Crippen LogP) is 5.92. The van der Waals surface area contributed by atoms with Crippen LogP contribution < -0.4 is 9.64 Å². The fourth-order valence-electron chi connectivity index (χ4n) is 4.28. The number of anilines is 1. The fraction of sp³-hybridized carbons (Fsp3) is 0.304. The van der Waals surface area contributed by atoms with Crippen molar-refractivity contribution in [1.29, 1.82) is 0 Å². The Morgan fingerprint density at radius 2 is 1.76 bits per heavy atom. The van der Waals surface area contributed by atoms with Crippen molar-refractivity contribution in [3.05, 3.63) is 69.3 Å². The molecule has 0 saturated heterocycles. The molecule has 0 spiro atoms. The van der Waals surface area contributed by atoms with Gasteiger partial charge in [0.15, 0.2) is 5.78 Å². The van der Waals surface area contributed by atoms with Crippen molar-refractivity contribution < 1.29 is 14.3 Å². The van der Waals surface area contributed by atoms with Crippen LogP contribution in [0.25, 0.3) is 0 Å². The van der Waals surface area contributed by atoms with Crippen molar-refractivity contribution in [2.24, 2.45) is 0 Å². The van der Waals surface area contributed by atoms with E-state index in [4.69, 9.17) is 27.9 Å². The van der Waals surface area contributed by atoms with Gasteiger partial charge in [-0.25, -0.2) is 0 Å². The molecule has 0 N–H and O–H groups in total. The highest BCUT2D eigenvalue weighted by atomic mass is 35.5. The number of carbonyl (C=O) groups is 2. The Hall–Kier alpha value is -2.30. The number of hydrogen-bond acceptors (Lipinski definition) is 3. The Labute approximate surface area is 180 Å². The van der Waals surface area contributed by atoms with Crippen LogP contribution in [0.5, 0.6) is 5.75 Å². The topological polar surface area (TPSA) is 46.6 Å². The molecule has 4 nitrogen and oxygen atoms in total. The Kier molecular flexibility index (Phi) is 5.66. The zero-order chi connectivity index (χ0) is 20.5. The molecule has 1 unspecified atom stereocenters. The zero-order valence-electron chi connectivity index (χ0n) is 16.1. The van der Waals surface area contributed by atoms with Crippen molar-refractivity contribution in [1.82, 2.24) is 0 Å². The van der Waals surface area contributed by atoms with Crippen LogP contribution in [0.2, 0.25) is 10.0 Å². The Morgan fingerprint density at radius 3 is 2.48 bits per heavy atom. The standard InChI is InChI=1S/C23H21Cl2NO3/c1-2-29-20-12-4-3-9-17(20)26-18-10-6-11-19(27)23(18)14(13-21(26)28)22-15(24)7-5-8-16(22)25/h3-5,7-9,12,14H,2,6,10-11,13H2,1H3. The SMILES string of the molecule is CCOc1ccccc1N1C(=O)CC(c2c(Cl)cccc2Cl)C2=C1CCCC2=O. The van der Waals surface area contributed by atoms with E-state index in [9.17, 15) is 9.59 Å². The number of benzene rings is 2. The maximum Gasteiger partial charge on any atom is 0.232 e. The average molecular weight is 430 g/mol. The van der Waals surface area contributed by atoms with Crippen molar-refractivity contribution in [3.63, 3.8) is 0 Å². The third-order valence-electron chi connectivity index (χ3n) is 5.43. The van der Waals surface area contributed by atoms with Crippen molar-refractivity contribution in [2.75, 3.05) is 11.5 Å². The van der Waals surface area contributed by atoms with Gasteiger partial charge in [0.1, 0.15) is 5.75 Å². The molecule has 2 aromatic carbocycles.